The third-order valence-corrected chi connectivity index (χ3v) is 3.08. The second-order valence-corrected chi connectivity index (χ2v) is 4.53. The summed E-state index contributed by atoms with van der Waals surface area (Å²) in [7, 11) is 0. The maximum absolute atomic E-state index is 13.0. The standard InChI is InChI=1S/C14H9ClFNO4/c15-13-6-12(17(19)20)3-1-9(13)8-21-14-4-2-11(16)5-10(14)7-18/h1-7H,8H2. The van der Waals surface area contributed by atoms with Gasteiger partial charge in [-0.2, -0.15) is 0 Å². The van der Waals surface area contributed by atoms with E-state index in [1.807, 2.05) is 0 Å². The third kappa shape index (κ3) is 3.55. The fourth-order valence-electron chi connectivity index (χ4n) is 1.67. The van der Waals surface area contributed by atoms with Crippen molar-refractivity contribution in [1.29, 1.82) is 0 Å². The Balaban J connectivity index is 2.17. The fraction of sp³-hybridized carbons (Fsp3) is 0.0714. The summed E-state index contributed by atoms with van der Waals surface area (Å²) in [5.74, 6) is -0.335. The molecule has 0 aliphatic carbocycles. The normalized spacial score (nSPS) is 10.2. The number of aldehydes is 1. The van der Waals surface area contributed by atoms with Crippen LogP contribution in [0.3, 0.4) is 0 Å². The molecule has 0 aliphatic rings. The molecule has 0 bridgehead atoms. The zero-order valence-electron chi connectivity index (χ0n) is 10.6. The second kappa shape index (κ2) is 6.32. The Morgan fingerprint density at radius 2 is 2.05 bits per heavy atom. The average Bonchev–Trinajstić information content (AvgIpc) is 2.46. The van der Waals surface area contributed by atoms with E-state index in [4.69, 9.17) is 16.3 Å². The zero-order chi connectivity index (χ0) is 15.4. The Morgan fingerprint density at radius 3 is 2.67 bits per heavy atom. The molecular weight excluding hydrogens is 301 g/mol. The molecule has 21 heavy (non-hydrogen) atoms. The van der Waals surface area contributed by atoms with Gasteiger partial charge in [0, 0.05) is 17.7 Å². The SMILES string of the molecule is O=Cc1cc(F)ccc1OCc1ccc([N+](=O)[O-])cc1Cl. The summed E-state index contributed by atoms with van der Waals surface area (Å²) in [6.07, 6.45) is 0.482. The van der Waals surface area contributed by atoms with Crippen molar-refractivity contribution >= 4 is 23.6 Å². The number of rotatable bonds is 5. The van der Waals surface area contributed by atoms with Gasteiger partial charge in [-0.1, -0.05) is 11.6 Å². The number of nitrogens with zero attached hydrogens (tertiary/aromatic N) is 1. The van der Waals surface area contributed by atoms with Crippen LogP contribution in [0.4, 0.5) is 10.1 Å². The Kier molecular flexibility index (Phi) is 4.49. The number of hydrogen-bond donors (Lipinski definition) is 0. The van der Waals surface area contributed by atoms with Gasteiger partial charge in [0.15, 0.2) is 6.29 Å². The summed E-state index contributed by atoms with van der Waals surface area (Å²) in [5.41, 5.74) is 0.468. The number of ether oxygens (including phenoxy) is 1. The molecule has 0 saturated carbocycles. The average molecular weight is 310 g/mol. The Hall–Kier alpha value is -2.47. The second-order valence-electron chi connectivity index (χ2n) is 4.12. The molecule has 0 saturated heterocycles. The minimum Gasteiger partial charge on any atom is -0.488 e. The van der Waals surface area contributed by atoms with Gasteiger partial charge in [0.1, 0.15) is 18.2 Å². The van der Waals surface area contributed by atoms with Gasteiger partial charge in [0.25, 0.3) is 5.69 Å². The van der Waals surface area contributed by atoms with E-state index in [0.29, 0.717) is 11.8 Å². The molecule has 0 heterocycles. The highest BCUT2D eigenvalue weighted by atomic mass is 35.5. The molecule has 0 atom stereocenters. The van der Waals surface area contributed by atoms with E-state index < -0.39 is 10.7 Å². The van der Waals surface area contributed by atoms with Crippen LogP contribution in [0, 0.1) is 15.9 Å². The van der Waals surface area contributed by atoms with Crippen LogP contribution in [-0.2, 0) is 6.61 Å². The topological polar surface area (TPSA) is 69.4 Å². The van der Waals surface area contributed by atoms with Crippen molar-refractivity contribution in [2.75, 3.05) is 0 Å². The monoisotopic (exact) mass is 309 g/mol. The maximum atomic E-state index is 13.0. The number of nitro benzene ring substituents is 1. The number of carbonyl (C=O) groups is 1. The number of halogens is 2. The van der Waals surface area contributed by atoms with Gasteiger partial charge >= 0.3 is 0 Å². The largest absolute Gasteiger partial charge is 0.488 e. The van der Waals surface area contributed by atoms with E-state index in [0.717, 1.165) is 6.07 Å². The highest BCUT2D eigenvalue weighted by molar-refractivity contribution is 6.31. The summed E-state index contributed by atoms with van der Waals surface area (Å²) in [6.45, 7) is 0.00327. The molecule has 0 fully saturated rings. The van der Waals surface area contributed by atoms with Crippen LogP contribution in [0.15, 0.2) is 36.4 Å². The van der Waals surface area contributed by atoms with Crippen molar-refractivity contribution in [2.45, 2.75) is 6.61 Å². The molecule has 0 aromatic heterocycles. The lowest BCUT2D eigenvalue weighted by molar-refractivity contribution is -0.384. The van der Waals surface area contributed by atoms with Crippen LogP contribution in [0.25, 0.3) is 0 Å². The molecule has 108 valence electrons. The Labute approximate surface area is 124 Å². The van der Waals surface area contributed by atoms with Crippen molar-refractivity contribution in [3.8, 4) is 5.75 Å². The van der Waals surface area contributed by atoms with Crippen LogP contribution in [0.5, 0.6) is 5.75 Å². The van der Waals surface area contributed by atoms with Gasteiger partial charge in [-0.15, -0.1) is 0 Å². The van der Waals surface area contributed by atoms with Gasteiger partial charge in [-0.3, -0.25) is 14.9 Å². The molecule has 2 aromatic rings. The van der Waals surface area contributed by atoms with E-state index in [2.05, 4.69) is 0 Å². The highest BCUT2D eigenvalue weighted by Crippen LogP contribution is 2.25. The molecule has 5 nitrogen and oxygen atoms in total. The number of carbonyl (C=O) groups excluding carboxylic acids is 1. The van der Waals surface area contributed by atoms with Gasteiger partial charge < -0.3 is 4.74 Å². The Morgan fingerprint density at radius 1 is 1.29 bits per heavy atom. The first-order valence-electron chi connectivity index (χ1n) is 5.81. The van der Waals surface area contributed by atoms with E-state index >= 15 is 0 Å². The summed E-state index contributed by atoms with van der Waals surface area (Å²) < 4.78 is 18.4. The minimum absolute atomic E-state index is 0.00327. The molecule has 0 radical (unpaired) electrons. The highest BCUT2D eigenvalue weighted by Gasteiger charge is 2.11. The van der Waals surface area contributed by atoms with Crippen molar-refractivity contribution < 1.29 is 18.8 Å². The smallest absolute Gasteiger partial charge is 0.270 e. The predicted octanol–water partition coefficient (Wildman–Crippen LogP) is 3.78. The fourth-order valence-corrected chi connectivity index (χ4v) is 1.89. The van der Waals surface area contributed by atoms with E-state index in [1.54, 1.807) is 0 Å². The summed E-state index contributed by atoms with van der Waals surface area (Å²) in [5, 5.41) is 10.8. The van der Waals surface area contributed by atoms with Gasteiger partial charge in [-0.05, 0) is 24.3 Å². The number of benzene rings is 2. The molecule has 0 aliphatic heterocycles. The van der Waals surface area contributed by atoms with Crippen LogP contribution >= 0.6 is 11.6 Å². The summed E-state index contributed by atoms with van der Waals surface area (Å²) in [6, 6.07) is 7.53. The first kappa shape index (κ1) is 14.9. The summed E-state index contributed by atoms with van der Waals surface area (Å²) in [4.78, 5) is 20.9. The molecule has 7 heteroatoms. The molecule has 0 spiro atoms. The van der Waals surface area contributed by atoms with Gasteiger partial charge in [-0.25, -0.2) is 4.39 Å². The van der Waals surface area contributed by atoms with Crippen molar-refractivity contribution in [3.05, 3.63) is 68.5 Å². The first-order chi connectivity index (χ1) is 10.0. The lowest BCUT2D eigenvalue weighted by atomic mass is 10.2. The zero-order valence-corrected chi connectivity index (χ0v) is 11.3. The van der Waals surface area contributed by atoms with Crippen molar-refractivity contribution in [2.24, 2.45) is 0 Å². The number of nitro groups is 1. The van der Waals surface area contributed by atoms with Crippen LogP contribution in [0.1, 0.15) is 15.9 Å². The van der Waals surface area contributed by atoms with Crippen molar-refractivity contribution in [3.63, 3.8) is 0 Å². The van der Waals surface area contributed by atoms with E-state index in [-0.39, 0.29) is 28.6 Å². The molecular formula is C14H9ClFNO4. The lowest BCUT2D eigenvalue weighted by Crippen LogP contribution is -2.00. The quantitative estimate of drug-likeness (QED) is 0.479. The van der Waals surface area contributed by atoms with Crippen LogP contribution in [-0.4, -0.2) is 11.2 Å². The molecule has 0 unspecified atom stereocenters. The molecule has 2 aromatic carbocycles. The third-order valence-electron chi connectivity index (χ3n) is 2.73. The minimum atomic E-state index is -0.555. The number of non-ortho nitro benzene ring substituents is 1. The van der Waals surface area contributed by atoms with Crippen LogP contribution in [0.2, 0.25) is 5.02 Å². The molecule has 0 N–H and O–H groups in total. The van der Waals surface area contributed by atoms with Gasteiger partial charge in [0.2, 0.25) is 0 Å². The van der Waals surface area contributed by atoms with Crippen molar-refractivity contribution in [1.82, 2.24) is 0 Å². The predicted molar refractivity (Wildman–Crippen MR) is 74.2 cm³/mol. The lowest BCUT2D eigenvalue weighted by Gasteiger charge is -2.09. The van der Waals surface area contributed by atoms with E-state index in [9.17, 15) is 19.3 Å². The number of hydrogen-bond acceptors (Lipinski definition) is 4. The summed E-state index contributed by atoms with van der Waals surface area (Å²) >= 11 is 5.92. The van der Waals surface area contributed by atoms with E-state index in [1.165, 1.54) is 30.3 Å². The first-order valence-corrected chi connectivity index (χ1v) is 6.19. The molecule has 0 amide bonds. The van der Waals surface area contributed by atoms with Crippen LogP contribution < -0.4 is 4.74 Å². The molecule has 2 rings (SSSR count). The van der Waals surface area contributed by atoms with Gasteiger partial charge in [0.05, 0.1) is 15.5 Å². The maximum Gasteiger partial charge on any atom is 0.270 e. The Bertz CT molecular complexity index is 705.